The summed E-state index contributed by atoms with van der Waals surface area (Å²) in [6.45, 7) is 2.00. The topological polar surface area (TPSA) is 124 Å². The molecule has 0 radical (unpaired) electrons. The lowest BCUT2D eigenvalue weighted by atomic mass is 10.3. The Hall–Kier alpha value is -1.59. The smallest absolute Gasteiger partial charge is 0.119 e. The van der Waals surface area contributed by atoms with E-state index in [1.807, 2.05) is 6.79 Å². The summed E-state index contributed by atoms with van der Waals surface area (Å²) in [5.74, 6) is 0.176. The van der Waals surface area contributed by atoms with Crippen LogP contribution in [0.5, 0.6) is 11.5 Å². The molecule has 0 fully saturated rings. The van der Waals surface area contributed by atoms with E-state index in [-0.39, 0.29) is 23.1 Å². The highest BCUT2D eigenvalue weighted by molar-refractivity contribution is 5.30. The van der Waals surface area contributed by atoms with Crippen LogP contribution in [0.1, 0.15) is 0 Å². The summed E-state index contributed by atoms with van der Waals surface area (Å²) < 4.78 is 0. The molecule has 5 nitrogen and oxygen atoms in total. The Morgan fingerprint density at radius 2 is 1.42 bits per heavy atom. The Bertz CT molecular complexity index is 187. The van der Waals surface area contributed by atoms with Crippen molar-refractivity contribution in [3.8, 4) is 11.5 Å². The van der Waals surface area contributed by atoms with Crippen molar-refractivity contribution >= 4 is 6.79 Å². The van der Waals surface area contributed by atoms with E-state index in [1.165, 1.54) is 18.2 Å². The van der Waals surface area contributed by atoms with Crippen LogP contribution in [0.2, 0.25) is 0 Å². The average Bonchev–Trinajstić information content (AvgIpc) is 1.91. The van der Waals surface area contributed by atoms with Gasteiger partial charge in [-0.25, -0.2) is 0 Å². The lowest BCUT2D eigenvalue weighted by molar-refractivity contribution is -0.0979. The van der Waals surface area contributed by atoms with Crippen LogP contribution >= 0.6 is 0 Å². The highest BCUT2D eigenvalue weighted by Crippen LogP contribution is 2.14. The number of phenols is 2. The molecule has 0 unspecified atom stereocenters. The minimum absolute atomic E-state index is 0. The largest absolute Gasteiger partial charge is 0.508 e. The summed E-state index contributed by atoms with van der Waals surface area (Å²) in [5, 5.41) is 17.3. The van der Waals surface area contributed by atoms with E-state index < -0.39 is 0 Å². The molecule has 70 valence electrons. The van der Waals surface area contributed by atoms with Gasteiger partial charge >= 0.3 is 0 Å². The molecule has 1 aromatic rings. The third-order valence-electron chi connectivity index (χ3n) is 0.830. The molecule has 0 bridgehead atoms. The average molecular weight is 175 g/mol. The van der Waals surface area contributed by atoms with Gasteiger partial charge in [0.15, 0.2) is 0 Å². The fourth-order valence-electron chi connectivity index (χ4n) is 0.493. The summed E-state index contributed by atoms with van der Waals surface area (Å²) in [6.07, 6.45) is 0. The minimum Gasteiger partial charge on any atom is -0.508 e. The first-order chi connectivity index (χ1) is 4.79. The Kier molecular flexibility index (Phi) is 13.2. The van der Waals surface area contributed by atoms with Gasteiger partial charge in [-0.2, -0.15) is 0 Å². The third-order valence-corrected chi connectivity index (χ3v) is 0.830. The molecule has 0 aliphatic heterocycles. The number of rotatable bonds is 0. The van der Waals surface area contributed by atoms with Gasteiger partial charge in [-0.05, 0) is 12.1 Å². The second-order valence-electron chi connectivity index (χ2n) is 1.52. The lowest BCUT2D eigenvalue weighted by Crippen LogP contribution is -1.61. The van der Waals surface area contributed by atoms with E-state index in [9.17, 15) is 0 Å². The van der Waals surface area contributed by atoms with Crippen LogP contribution in [0.4, 0.5) is 0 Å². The molecule has 7 N–H and O–H groups in total. The Morgan fingerprint density at radius 1 is 1.08 bits per heavy atom. The normalized spacial score (nSPS) is 6.33. The van der Waals surface area contributed by atoms with Crippen molar-refractivity contribution in [2.45, 2.75) is 0 Å². The van der Waals surface area contributed by atoms with Crippen LogP contribution in [0.25, 0.3) is 0 Å². The number of benzene rings is 1. The van der Waals surface area contributed by atoms with E-state index in [0.717, 1.165) is 0 Å². The van der Waals surface area contributed by atoms with Crippen LogP contribution < -0.4 is 6.15 Å². The number of hydrogen-bond donors (Lipinski definition) is 3. The number of aromatic hydroxyl groups is 2. The van der Waals surface area contributed by atoms with Crippen LogP contribution in [-0.4, -0.2) is 22.5 Å². The summed E-state index contributed by atoms with van der Waals surface area (Å²) in [7, 11) is 0. The zero-order valence-corrected chi connectivity index (χ0v) is 6.53. The second-order valence-corrected chi connectivity index (χ2v) is 1.52. The fourth-order valence-corrected chi connectivity index (χ4v) is 0.493. The van der Waals surface area contributed by atoms with Crippen molar-refractivity contribution < 1.29 is 20.5 Å². The van der Waals surface area contributed by atoms with Crippen molar-refractivity contribution in [1.82, 2.24) is 6.15 Å². The van der Waals surface area contributed by atoms with Gasteiger partial charge in [-0.15, -0.1) is 0 Å². The standard InChI is InChI=1S/C6H6O2.CH2O.H3N.H2O/c7-5-2-1-3-6(8)4-5;1-2;;/h1-4,7-8H;1H2;1H3;1H2. The Balaban J connectivity index is -0.000000189. The molecule has 1 rings (SSSR count). The highest BCUT2D eigenvalue weighted by Gasteiger charge is 1.85. The Morgan fingerprint density at radius 3 is 1.58 bits per heavy atom. The number of phenolic OH excluding ortho intramolecular Hbond substituents is 2. The molecular weight excluding hydrogens is 162 g/mol. The highest BCUT2D eigenvalue weighted by atomic mass is 16.3. The molecule has 0 heterocycles. The second kappa shape index (κ2) is 9.41. The minimum atomic E-state index is 0. The van der Waals surface area contributed by atoms with Gasteiger partial charge in [-0.3, -0.25) is 0 Å². The molecule has 0 amide bonds. The molecule has 0 atom stereocenters. The summed E-state index contributed by atoms with van der Waals surface area (Å²) in [5.41, 5.74) is 0. The van der Waals surface area contributed by atoms with Gasteiger partial charge in [0.1, 0.15) is 18.3 Å². The first-order valence-corrected chi connectivity index (χ1v) is 2.56. The van der Waals surface area contributed by atoms with E-state index >= 15 is 0 Å². The van der Waals surface area contributed by atoms with Crippen LogP contribution in [0.3, 0.4) is 0 Å². The molecule has 0 spiro atoms. The van der Waals surface area contributed by atoms with Crippen LogP contribution in [0.15, 0.2) is 24.3 Å². The van der Waals surface area contributed by atoms with E-state index in [0.29, 0.717) is 0 Å². The molecule has 1 aromatic carbocycles. The SMILES string of the molecule is C=O.N.O.Oc1cccc(O)c1. The van der Waals surface area contributed by atoms with Crippen LogP contribution in [0, 0.1) is 0 Å². The molecule has 12 heavy (non-hydrogen) atoms. The number of hydrogen-bond acceptors (Lipinski definition) is 4. The molecule has 5 heteroatoms. The zero-order valence-electron chi connectivity index (χ0n) is 6.53. The van der Waals surface area contributed by atoms with Gasteiger partial charge < -0.3 is 26.6 Å². The van der Waals surface area contributed by atoms with Crippen molar-refractivity contribution in [2.24, 2.45) is 0 Å². The molecule has 0 saturated carbocycles. The molecule has 0 aromatic heterocycles. The summed E-state index contributed by atoms with van der Waals surface area (Å²) >= 11 is 0. The van der Waals surface area contributed by atoms with Gasteiger partial charge in [0.25, 0.3) is 0 Å². The van der Waals surface area contributed by atoms with Crippen molar-refractivity contribution in [2.75, 3.05) is 0 Å². The maximum Gasteiger partial charge on any atom is 0.119 e. The predicted octanol–water partition coefficient (Wildman–Crippen LogP) is 0.250. The van der Waals surface area contributed by atoms with Crippen molar-refractivity contribution in [3.63, 3.8) is 0 Å². The van der Waals surface area contributed by atoms with Gasteiger partial charge in [0, 0.05) is 6.07 Å². The lowest BCUT2D eigenvalue weighted by Gasteiger charge is -1.89. The Labute approximate surface area is 70.2 Å². The first-order valence-electron chi connectivity index (χ1n) is 2.56. The molecular formula is C7H13NO4. The van der Waals surface area contributed by atoms with E-state index in [2.05, 4.69) is 0 Å². The van der Waals surface area contributed by atoms with Gasteiger partial charge in [-0.1, -0.05) is 6.07 Å². The molecule has 0 aliphatic rings. The molecule has 0 saturated heterocycles. The first kappa shape index (κ1) is 16.8. The van der Waals surface area contributed by atoms with E-state index in [1.54, 1.807) is 6.07 Å². The summed E-state index contributed by atoms with van der Waals surface area (Å²) in [6, 6.07) is 5.85. The third kappa shape index (κ3) is 6.53. The number of carbonyl (C=O) groups is 1. The fraction of sp³-hybridized carbons (Fsp3) is 0. The monoisotopic (exact) mass is 175 g/mol. The zero-order chi connectivity index (χ0) is 7.98. The van der Waals surface area contributed by atoms with Crippen molar-refractivity contribution in [1.29, 1.82) is 0 Å². The quantitative estimate of drug-likeness (QED) is 0.522. The van der Waals surface area contributed by atoms with Gasteiger partial charge in [0.05, 0.1) is 0 Å². The van der Waals surface area contributed by atoms with Gasteiger partial charge in [0.2, 0.25) is 0 Å². The van der Waals surface area contributed by atoms with E-state index in [4.69, 9.17) is 15.0 Å². The van der Waals surface area contributed by atoms with Crippen LogP contribution in [-0.2, 0) is 4.79 Å². The summed E-state index contributed by atoms with van der Waals surface area (Å²) in [4.78, 5) is 8.00. The van der Waals surface area contributed by atoms with Crippen molar-refractivity contribution in [3.05, 3.63) is 24.3 Å². The maximum atomic E-state index is 8.65. The molecule has 0 aliphatic carbocycles. The number of carbonyl (C=O) groups excluding carboxylic acids is 1. The predicted molar refractivity (Wildman–Crippen MR) is 45.5 cm³/mol. The maximum absolute atomic E-state index is 8.65.